The smallest absolute Gasteiger partial charge is 0.133 e. The lowest BCUT2D eigenvalue weighted by Gasteiger charge is -2.06. The number of aromatic nitrogens is 2. The molecule has 94 valence electrons. The third-order valence-corrected chi connectivity index (χ3v) is 3.71. The van der Waals surface area contributed by atoms with Crippen LogP contribution in [0, 0.1) is 18.3 Å². The van der Waals surface area contributed by atoms with Crippen molar-refractivity contribution >= 4 is 15.9 Å². The van der Waals surface area contributed by atoms with E-state index in [-0.39, 0.29) is 0 Å². The summed E-state index contributed by atoms with van der Waals surface area (Å²) in [5, 5.41) is 9.11. The molecule has 1 aliphatic carbocycles. The molecule has 3 rings (SSSR count). The van der Waals surface area contributed by atoms with Crippen LogP contribution in [0.1, 0.15) is 35.7 Å². The number of hydrogen-bond donors (Lipinski definition) is 0. The molecule has 0 bridgehead atoms. The fourth-order valence-electron chi connectivity index (χ4n) is 2.01. The Morgan fingerprint density at radius 3 is 2.74 bits per heavy atom. The SMILES string of the molecule is Cc1ccc(-c2cc(Br)nc(C3CC3)n2)cc1C#N. The lowest BCUT2D eigenvalue weighted by atomic mass is 10.0. The number of aryl methyl sites for hydroxylation is 1. The quantitative estimate of drug-likeness (QED) is 0.788. The third kappa shape index (κ3) is 2.52. The molecule has 3 nitrogen and oxygen atoms in total. The zero-order valence-corrected chi connectivity index (χ0v) is 12.1. The van der Waals surface area contributed by atoms with Crippen LogP contribution in [0.2, 0.25) is 0 Å². The van der Waals surface area contributed by atoms with Crippen molar-refractivity contribution in [3.63, 3.8) is 0 Å². The first-order valence-corrected chi connectivity index (χ1v) is 7.02. The first-order chi connectivity index (χ1) is 9.17. The molecule has 0 radical (unpaired) electrons. The molecule has 0 spiro atoms. The summed E-state index contributed by atoms with van der Waals surface area (Å²) in [6.07, 6.45) is 2.35. The Labute approximate surface area is 120 Å². The Morgan fingerprint density at radius 2 is 2.05 bits per heavy atom. The summed E-state index contributed by atoms with van der Waals surface area (Å²) in [5.41, 5.74) is 3.52. The van der Waals surface area contributed by atoms with Gasteiger partial charge in [0.15, 0.2) is 0 Å². The van der Waals surface area contributed by atoms with Crippen LogP contribution in [0.4, 0.5) is 0 Å². The highest BCUT2D eigenvalue weighted by molar-refractivity contribution is 9.10. The van der Waals surface area contributed by atoms with Crippen LogP contribution in [0.25, 0.3) is 11.3 Å². The van der Waals surface area contributed by atoms with E-state index in [0.717, 1.165) is 27.2 Å². The molecule has 19 heavy (non-hydrogen) atoms. The Hall–Kier alpha value is -1.73. The summed E-state index contributed by atoms with van der Waals surface area (Å²) in [6.45, 7) is 1.94. The second-order valence-corrected chi connectivity index (χ2v) is 5.66. The van der Waals surface area contributed by atoms with Crippen molar-refractivity contribution in [2.45, 2.75) is 25.7 Å². The summed E-state index contributed by atoms with van der Waals surface area (Å²) in [6, 6.07) is 9.97. The van der Waals surface area contributed by atoms with Gasteiger partial charge in [0, 0.05) is 11.5 Å². The maximum absolute atomic E-state index is 9.11. The molecule has 0 unspecified atom stereocenters. The van der Waals surface area contributed by atoms with Gasteiger partial charge in [-0.1, -0.05) is 12.1 Å². The summed E-state index contributed by atoms with van der Waals surface area (Å²) in [5.74, 6) is 1.42. The van der Waals surface area contributed by atoms with Gasteiger partial charge in [0.2, 0.25) is 0 Å². The zero-order valence-electron chi connectivity index (χ0n) is 10.5. The van der Waals surface area contributed by atoms with Gasteiger partial charge in [0.1, 0.15) is 10.4 Å². The number of rotatable bonds is 2. The summed E-state index contributed by atoms with van der Waals surface area (Å²) in [4.78, 5) is 9.04. The predicted octanol–water partition coefficient (Wildman–Crippen LogP) is 3.96. The normalized spacial score (nSPS) is 14.2. The highest BCUT2D eigenvalue weighted by Gasteiger charge is 2.27. The minimum Gasteiger partial charge on any atom is -0.233 e. The van der Waals surface area contributed by atoms with E-state index in [9.17, 15) is 0 Å². The van der Waals surface area contributed by atoms with Crippen molar-refractivity contribution in [3.05, 3.63) is 45.8 Å². The maximum Gasteiger partial charge on any atom is 0.133 e. The Morgan fingerprint density at radius 1 is 1.26 bits per heavy atom. The number of hydrogen-bond acceptors (Lipinski definition) is 3. The molecule has 2 aromatic rings. The van der Waals surface area contributed by atoms with Crippen LogP contribution >= 0.6 is 15.9 Å². The molecule has 0 amide bonds. The minimum absolute atomic E-state index is 0.511. The van der Waals surface area contributed by atoms with Crippen molar-refractivity contribution in [3.8, 4) is 17.3 Å². The fraction of sp³-hybridized carbons (Fsp3) is 0.267. The predicted molar refractivity (Wildman–Crippen MR) is 76.6 cm³/mol. The van der Waals surface area contributed by atoms with E-state index < -0.39 is 0 Å². The molecule has 1 aliphatic rings. The van der Waals surface area contributed by atoms with Gasteiger partial charge in [-0.25, -0.2) is 9.97 Å². The van der Waals surface area contributed by atoms with Gasteiger partial charge in [-0.15, -0.1) is 0 Å². The minimum atomic E-state index is 0.511. The molecule has 1 fully saturated rings. The lowest BCUT2D eigenvalue weighted by molar-refractivity contribution is 0.919. The van der Waals surface area contributed by atoms with Crippen molar-refractivity contribution in [1.82, 2.24) is 9.97 Å². The van der Waals surface area contributed by atoms with E-state index in [0.29, 0.717) is 11.5 Å². The highest BCUT2D eigenvalue weighted by atomic mass is 79.9. The number of benzene rings is 1. The van der Waals surface area contributed by atoms with Gasteiger partial charge in [0.25, 0.3) is 0 Å². The molecular weight excluding hydrogens is 302 g/mol. The highest BCUT2D eigenvalue weighted by Crippen LogP contribution is 2.39. The molecule has 0 saturated heterocycles. The van der Waals surface area contributed by atoms with Crippen LogP contribution in [0.3, 0.4) is 0 Å². The van der Waals surface area contributed by atoms with Gasteiger partial charge in [-0.3, -0.25) is 0 Å². The second kappa shape index (κ2) is 4.75. The molecular formula is C15H12BrN3. The molecule has 0 N–H and O–H groups in total. The van der Waals surface area contributed by atoms with Crippen LogP contribution in [0.5, 0.6) is 0 Å². The van der Waals surface area contributed by atoms with Crippen LogP contribution in [-0.2, 0) is 0 Å². The first-order valence-electron chi connectivity index (χ1n) is 6.23. The van der Waals surface area contributed by atoms with Crippen molar-refractivity contribution in [1.29, 1.82) is 5.26 Å². The van der Waals surface area contributed by atoms with E-state index in [1.54, 1.807) is 0 Å². The second-order valence-electron chi connectivity index (χ2n) is 4.85. The standard InChI is InChI=1S/C15H12BrN3/c1-9-2-3-11(6-12(9)8-17)13-7-14(16)19-15(18-13)10-4-5-10/h2-3,6-7,10H,4-5H2,1H3. The van der Waals surface area contributed by atoms with Gasteiger partial charge in [0.05, 0.1) is 17.3 Å². The zero-order chi connectivity index (χ0) is 13.4. The van der Waals surface area contributed by atoms with Crippen LogP contribution < -0.4 is 0 Å². The maximum atomic E-state index is 9.11. The van der Waals surface area contributed by atoms with Gasteiger partial charge >= 0.3 is 0 Å². The summed E-state index contributed by atoms with van der Waals surface area (Å²) in [7, 11) is 0. The van der Waals surface area contributed by atoms with E-state index in [4.69, 9.17) is 5.26 Å². The Kier molecular flexibility index (Phi) is 3.08. The van der Waals surface area contributed by atoms with E-state index in [1.165, 1.54) is 12.8 Å². The van der Waals surface area contributed by atoms with Gasteiger partial charge in [-0.2, -0.15) is 5.26 Å². The largest absolute Gasteiger partial charge is 0.233 e. The first kappa shape index (κ1) is 12.3. The van der Waals surface area contributed by atoms with E-state index >= 15 is 0 Å². The van der Waals surface area contributed by atoms with Crippen LogP contribution in [0.15, 0.2) is 28.9 Å². The molecule has 4 heteroatoms. The van der Waals surface area contributed by atoms with Gasteiger partial charge in [-0.05, 0) is 53.4 Å². The summed E-state index contributed by atoms with van der Waals surface area (Å²) < 4.78 is 0.804. The third-order valence-electron chi connectivity index (χ3n) is 3.31. The van der Waals surface area contributed by atoms with Crippen molar-refractivity contribution in [2.24, 2.45) is 0 Å². The van der Waals surface area contributed by atoms with Gasteiger partial charge < -0.3 is 0 Å². The van der Waals surface area contributed by atoms with E-state index in [1.807, 2.05) is 31.2 Å². The molecule has 1 heterocycles. The number of nitriles is 1. The van der Waals surface area contributed by atoms with Crippen molar-refractivity contribution < 1.29 is 0 Å². The molecule has 1 aromatic carbocycles. The van der Waals surface area contributed by atoms with Crippen LogP contribution in [-0.4, -0.2) is 9.97 Å². The average molecular weight is 314 g/mol. The number of nitrogens with zero attached hydrogens (tertiary/aromatic N) is 3. The fourth-order valence-corrected chi connectivity index (χ4v) is 2.41. The lowest BCUT2D eigenvalue weighted by Crippen LogP contribution is -1.96. The molecule has 1 aromatic heterocycles. The number of halogens is 1. The monoisotopic (exact) mass is 313 g/mol. The molecule has 0 aliphatic heterocycles. The Bertz CT molecular complexity index is 684. The molecule has 1 saturated carbocycles. The molecule has 0 atom stereocenters. The average Bonchev–Trinajstić information content (AvgIpc) is 3.23. The Balaban J connectivity index is 2.08. The summed E-state index contributed by atoms with van der Waals surface area (Å²) >= 11 is 3.44. The van der Waals surface area contributed by atoms with Crippen molar-refractivity contribution in [2.75, 3.05) is 0 Å². The topological polar surface area (TPSA) is 49.6 Å². The van der Waals surface area contributed by atoms with E-state index in [2.05, 4.69) is 32.0 Å².